The maximum atomic E-state index is 12.4. The van der Waals surface area contributed by atoms with Gasteiger partial charge in [-0.1, -0.05) is 6.92 Å². The first-order valence-electron chi connectivity index (χ1n) is 6.21. The molecule has 0 bridgehead atoms. The van der Waals surface area contributed by atoms with E-state index in [-0.39, 0.29) is 5.03 Å². The van der Waals surface area contributed by atoms with Crippen molar-refractivity contribution in [2.24, 2.45) is 5.73 Å². The Hall–Kier alpha value is -0.920. The molecule has 0 radical (unpaired) electrons. The van der Waals surface area contributed by atoms with Crippen molar-refractivity contribution < 1.29 is 8.42 Å². The van der Waals surface area contributed by atoms with Crippen LogP contribution in [0.25, 0.3) is 0 Å². The summed E-state index contributed by atoms with van der Waals surface area (Å²) < 4.78 is 28.0. The van der Waals surface area contributed by atoms with Crippen LogP contribution in [0.4, 0.5) is 0 Å². The molecule has 0 aliphatic heterocycles. The zero-order chi connectivity index (χ0) is 13.8. The van der Waals surface area contributed by atoms with E-state index in [2.05, 4.69) is 4.98 Å². The molecule has 18 heavy (non-hydrogen) atoms. The third-order valence-corrected chi connectivity index (χ3v) is 4.71. The monoisotopic (exact) mass is 274 g/mol. The van der Waals surface area contributed by atoms with Crippen LogP contribution >= 0.6 is 0 Å². The smallest absolute Gasteiger partial charge is 0.262 e. The minimum Gasteiger partial charge on any atom is -0.334 e. The van der Waals surface area contributed by atoms with Crippen LogP contribution in [0.15, 0.2) is 11.2 Å². The summed E-state index contributed by atoms with van der Waals surface area (Å²) >= 11 is 0. The van der Waals surface area contributed by atoms with Crippen molar-refractivity contribution in [2.45, 2.75) is 38.8 Å². The van der Waals surface area contributed by atoms with Crippen LogP contribution in [0.5, 0.6) is 0 Å². The lowest BCUT2D eigenvalue weighted by Crippen LogP contribution is -2.33. The van der Waals surface area contributed by atoms with Crippen LogP contribution in [0, 0.1) is 6.92 Å². The van der Waals surface area contributed by atoms with Crippen LogP contribution in [0.1, 0.15) is 26.1 Å². The first kappa shape index (κ1) is 15.1. The Morgan fingerprint density at radius 2 is 2.11 bits per heavy atom. The van der Waals surface area contributed by atoms with Gasteiger partial charge in [0.2, 0.25) is 0 Å². The van der Waals surface area contributed by atoms with Gasteiger partial charge in [-0.3, -0.25) is 0 Å². The molecule has 0 aliphatic carbocycles. The average Bonchev–Trinajstić information content (AvgIpc) is 2.72. The van der Waals surface area contributed by atoms with Gasteiger partial charge in [0.25, 0.3) is 10.0 Å². The highest BCUT2D eigenvalue weighted by atomic mass is 32.2. The molecule has 0 atom stereocenters. The molecule has 0 saturated carbocycles. The lowest BCUT2D eigenvalue weighted by molar-refractivity contribution is 0.421. The fourth-order valence-corrected chi connectivity index (χ4v) is 3.25. The van der Waals surface area contributed by atoms with Gasteiger partial charge in [0.15, 0.2) is 5.03 Å². The number of rotatable bonds is 7. The number of hydrogen-bond acceptors (Lipinski definition) is 4. The van der Waals surface area contributed by atoms with Gasteiger partial charge in [0.1, 0.15) is 5.82 Å². The maximum Gasteiger partial charge on any atom is 0.262 e. The van der Waals surface area contributed by atoms with Gasteiger partial charge < -0.3 is 10.3 Å². The second-order valence-electron chi connectivity index (χ2n) is 4.05. The zero-order valence-corrected chi connectivity index (χ0v) is 12.1. The van der Waals surface area contributed by atoms with E-state index in [1.807, 2.05) is 18.4 Å². The van der Waals surface area contributed by atoms with E-state index in [0.717, 1.165) is 0 Å². The lowest BCUT2D eigenvalue weighted by atomic mass is 10.4. The first-order valence-corrected chi connectivity index (χ1v) is 7.65. The lowest BCUT2D eigenvalue weighted by Gasteiger charge is -2.18. The highest BCUT2D eigenvalue weighted by molar-refractivity contribution is 7.89. The van der Waals surface area contributed by atoms with Crippen LogP contribution < -0.4 is 5.73 Å². The minimum atomic E-state index is -3.49. The molecule has 1 aromatic rings. The standard InChI is InChI=1S/C11H22N4O2S/c1-4-14-9-11(13-10(14)3)18(16,17)15(5-2)8-6-7-12/h9H,4-8,12H2,1-3H3. The molecule has 7 heteroatoms. The number of nitrogens with zero attached hydrogens (tertiary/aromatic N) is 3. The summed E-state index contributed by atoms with van der Waals surface area (Å²) in [6.45, 7) is 7.64. The fourth-order valence-electron chi connectivity index (χ4n) is 1.77. The number of hydrogen-bond donors (Lipinski definition) is 1. The Morgan fingerprint density at radius 3 is 2.56 bits per heavy atom. The molecular weight excluding hydrogens is 252 g/mol. The van der Waals surface area contributed by atoms with Gasteiger partial charge >= 0.3 is 0 Å². The minimum absolute atomic E-state index is 0.126. The average molecular weight is 274 g/mol. The van der Waals surface area contributed by atoms with Crippen molar-refractivity contribution >= 4 is 10.0 Å². The molecule has 1 rings (SSSR count). The Kier molecular flexibility index (Phi) is 5.30. The summed E-state index contributed by atoms with van der Waals surface area (Å²) in [6, 6.07) is 0. The molecule has 1 aromatic heterocycles. The van der Waals surface area contributed by atoms with Crippen molar-refractivity contribution in [2.75, 3.05) is 19.6 Å². The van der Waals surface area contributed by atoms with Crippen molar-refractivity contribution in [1.29, 1.82) is 0 Å². The van der Waals surface area contributed by atoms with E-state index in [1.54, 1.807) is 13.1 Å². The van der Waals surface area contributed by atoms with Gasteiger partial charge in [-0.05, 0) is 26.8 Å². The number of aromatic nitrogens is 2. The van der Waals surface area contributed by atoms with E-state index < -0.39 is 10.0 Å². The molecule has 0 amide bonds. The third kappa shape index (κ3) is 3.09. The van der Waals surface area contributed by atoms with E-state index in [0.29, 0.717) is 38.4 Å². The largest absolute Gasteiger partial charge is 0.334 e. The Labute approximate surface area is 109 Å². The van der Waals surface area contributed by atoms with Gasteiger partial charge in [-0.25, -0.2) is 13.4 Å². The van der Waals surface area contributed by atoms with E-state index in [4.69, 9.17) is 5.73 Å². The van der Waals surface area contributed by atoms with Crippen LogP contribution in [0.3, 0.4) is 0 Å². The molecule has 0 spiro atoms. The van der Waals surface area contributed by atoms with Gasteiger partial charge in [0.05, 0.1) is 0 Å². The molecule has 2 N–H and O–H groups in total. The number of aryl methyl sites for hydroxylation is 2. The van der Waals surface area contributed by atoms with E-state index in [9.17, 15) is 8.42 Å². The number of nitrogens with two attached hydrogens (primary N) is 1. The summed E-state index contributed by atoms with van der Waals surface area (Å²) in [5.74, 6) is 0.714. The molecule has 0 unspecified atom stereocenters. The summed E-state index contributed by atoms with van der Waals surface area (Å²) in [6.07, 6.45) is 2.25. The van der Waals surface area contributed by atoms with Crippen molar-refractivity contribution in [1.82, 2.24) is 13.9 Å². The summed E-state index contributed by atoms with van der Waals surface area (Å²) in [5.41, 5.74) is 5.42. The topological polar surface area (TPSA) is 81.2 Å². The highest BCUT2D eigenvalue weighted by Crippen LogP contribution is 2.15. The Balaban J connectivity index is 3.02. The predicted molar refractivity (Wildman–Crippen MR) is 70.7 cm³/mol. The molecular formula is C11H22N4O2S. The van der Waals surface area contributed by atoms with Crippen molar-refractivity contribution in [3.63, 3.8) is 0 Å². The van der Waals surface area contributed by atoms with E-state index >= 15 is 0 Å². The van der Waals surface area contributed by atoms with Crippen LogP contribution in [-0.2, 0) is 16.6 Å². The zero-order valence-electron chi connectivity index (χ0n) is 11.3. The molecule has 0 aliphatic rings. The molecule has 0 aromatic carbocycles. The van der Waals surface area contributed by atoms with Crippen molar-refractivity contribution in [3.05, 3.63) is 12.0 Å². The van der Waals surface area contributed by atoms with Crippen molar-refractivity contribution in [3.8, 4) is 0 Å². The summed E-state index contributed by atoms with van der Waals surface area (Å²) in [4.78, 5) is 4.13. The van der Waals surface area contributed by atoms with Crippen LogP contribution in [-0.4, -0.2) is 41.9 Å². The SMILES string of the molecule is CCN(CCCN)S(=O)(=O)c1cn(CC)c(C)n1. The first-order chi connectivity index (χ1) is 8.47. The van der Waals surface area contributed by atoms with Gasteiger partial charge in [-0.15, -0.1) is 0 Å². The van der Waals surface area contributed by atoms with Crippen LogP contribution in [0.2, 0.25) is 0 Å². The third-order valence-electron chi connectivity index (χ3n) is 2.86. The number of imidazole rings is 1. The summed E-state index contributed by atoms with van der Waals surface area (Å²) in [5, 5.41) is 0.126. The molecule has 1 heterocycles. The second kappa shape index (κ2) is 6.31. The number of sulfonamides is 1. The van der Waals surface area contributed by atoms with Gasteiger partial charge in [-0.2, -0.15) is 4.31 Å². The van der Waals surface area contributed by atoms with Gasteiger partial charge in [0, 0.05) is 25.8 Å². The van der Waals surface area contributed by atoms with E-state index in [1.165, 1.54) is 4.31 Å². The Morgan fingerprint density at radius 1 is 1.44 bits per heavy atom. The summed E-state index contributed by atoms with van der Waals surface area (Å²) in [7, 11) is -3.49. The molecule has 0 saturated heterocycles. The molecule has 104 valence electrons. The maximum absolute atomic E-state index is 12.4. The second-order valence-corrected chi connectivity index (χ2v) is 5.94. The quantitative estimate of drug-likeness (QED) is 0.788. The highest BCUT2D eigenvalue weighted by Gasteiger charge is 2.25. The fraction of sp³-hybridized carbons (Fsp3) is 0.727. The predicted octanol–water partition coefficient (Wildman–Crippen LogP) is 0.571. The molecule has 0 fully saturated rings. The molecule has 6 nitrogen and oxygen atoms in total. The Bertz CT molecular complexity index is 481. The normalized spacial score (nSPS) is 12.3.